The number of hydrogen-bond donors (Lipinski definition) is 0. The number of aryl methyl sites for hydroxylation is 1. The minimum atomic E-state index is -3.89. The first kappa shape index (κ1) is 20.0. The lowest BCUT2D eigenvalue weighted by molar-refractivity contribution is -0.161. The van der Waals surface area contributed by atoms with E-state index in [1.54, 1.807) is 34.7 Å². The van der Waals surface area contributed by atoms with E-state index in [-0.39, 0.29) is 11.5 Å². The highest BCUT2D eigenvalue weighted by molar-refractivity contribution is 8.14. The average Bonchev–Trinajstić information content (AvgIpc) is 2.96. The van der Waals surface area contributed by atoms with Crippen LogP contribution < -0.4 is 0 Å². The molecule has 27 heavy (non-hydrogen) atoms. The molecule has 1 saturated heterocycles. The molecular weight excluding hydrogens is 394 g/mol. The molecule has 0 spiro atoms. The van der Waals surface area contributed by atoms with Crippen molar-refractivity contribution < 1.29 is 22.7 Å². The van der Waals surface area contributed by atoms with Crippen molar-refractivity contribution in [2.24, 2.45) is 12.5 Å². The first-order valence-corrected chi connectivity index (χ1v) is 10.6. The van der Waals surface area contributed by atoms with Gasteiger partial charge in [-0.3, -0.25) is 14.5 Å². The van der Waals surface area contributed by atoms with Crippen LogP contribution in [0.2, 0.25) is 0 Å². The summed E-state index contributed by atoms with van der Waals surface area (Å²) >= 11 is 0.933. The van der Waals surface area contributed by atoms with Crippen LogP contribution in [-0.2, 0) is 31.2 Å². The number of rotatable bonds is 4. The monoisotopic (exact) mass is 415 g/mol. The minimum Gasteiger partial charge on any atom is -0.368 e. The smallest absolute Gasteiger partial charge is 0.260 e. The number of hydrogen-bond acceptors (Lipinski definition) is 9. The van der Waals surface area contributed by atoms with Gasteiger partial charge in [0.25, 0.3) is 5.91 Å². The summed E-state index contributed by atoms with van der Waals surface area (Å²) in [5, 5.41) is 10.1. The molecule has 1 unspecified atom stereocenters. The van der Waals surface area contributed by atoms with Crippen LogP contribution in [0.15, 0.2) is 16.4 Å². The summed E-state index contributed by atoms with van der Waals surface area (Å²) in [6.45, 7) is 6.73. The third-order valence-electron chi connectivity index (χ3n) is 4.54. The van der Waals surface area contributed by atoms with E-state index in [4.69, 9.17) is 4.74 Å². The molecule has 0 N–H and O–H groups in total. The topological polar surface area (TPSA) is 124 Å². The fourth-order valence-electron chi connectivity index (χ4n) is 3.10. The summed E-state index contributed by atoms with van der Waals surface area (Å²) < 4.78 is 31.8. The summed E-state index contributed by atoms with van der Waals surface area (Å²) in [5.74, 6) is -0.828. The molecule has 1 fully saturated rings. The second-order valence-electron chi connectivity index (χ2n) is 7.49. The number of β-lactam (4-membered cyclic amide) rings is 1. The van der Waals surface area contributed by atoms with Crippen LogP contribution >= 0.6 is 11.8 Å². The molecule has 2 aliphatic rings. The second-order valence-corrected chi connectivity index (χ2v) is 11.0. The van der Waals surface area contributed by atoms with Crippen molar-refractivity contribution in [1.29, 1.82) is 0 Å². The van der Waals surface area contributed by atoms with Gasteiger partial charge < -0.3 is 4.74 Å². The van der Waals surface area contributed by atoms with Crippen molar-refractivity contribution in [1.82, 2.24) is 25.1 Å². The maximum atomic E-state index is 13.2. The summed E-state index contributed by atoms with van der Waals surface area (Å²) in [4.78, 5) is 26.6. The molecule has 3 rings (SSSR count). The van der Waals surface area contributed by atoms with E-state index >= 15 is 0 Å². The number of nitrogens with zero attached hydrogens (tertiary/aromatic N) is 5. The van der Waals surface area contributed by atoms with Gasteiger partial charge in [0.15, 0.2) is 27.1 Å². The molecule has 1 aromatic heterocycles. The Bertz CT molecular complexity index is 946. The van der Waals surface area contributed by atoms with E-state index in [9.17, 15) is 18.0 Å². The first-order valence-electron chi connectivity index (χ1n) is 8.16. The van der Waals surface area contributed by atoms with Crippen LogP contribution in [-0.4, -0.2) is 68.4 Å². The lowest BCUT2D eigenvalue weighted by Crippen LogP contribution is -2.71. The Balaban J connectivity index is 2.18. The largest absolute Gasteiger partial charge is 0.368 e. The van der Waals surface area contributed by atoms with Gasteiger partial charge in [-0.15, -0.1) is 5.10 Å². The van der Waals surface area contributed by atoms with Gasteiger partial charge in [-0.25, -0.2) is 13.1 Å². The molecule has 1 aromatic rings. The van der Waals surface area contributed by atoms with Gasteiger partial charge in [0.2, 0.25) is 5.16 Å². The number of tetrazole rings is 1. The predicted molar refractivity (Wildman–Crippen MR) is 96.0 cm³/mol. The van der Waals surface area contributed by atoms with Gasteiger partial charge in [-0.1, -0.05) is 32.5 Å². The van der Waals surface area contributed by atoms with Crippen molar-refractivity contribution in [3.8, 4) is 0 Å². The predicted octanol–water partition coefficient (Wildman–Crippen LogP) is 0.129. The standard InChI is InChI=1S/C15H21N5O5S2/c1-7-8(10(21)15(2,3)4)20-11(22)9(25-6)12(20)27(23,24)13(7)26-14-16-17-18-19(14)5/h9,12-13H,1-6H3/t9-,12+,13?/m0/s1. The Kier molecular flexibility index (Phi) is 4.72. The highest BCUT2D eigenvalue weighted by atomic mass is 32.3. The van der Waals surface area contributed by atoms with Crippen molar-refractivity contribution in [3.05, 3.63) is 11.3 Å². The third kappa shape index (κ3) is 2.90. The van der Waals surface area contributed by atoms with Crippen molar-refractivity contribution >= 4 is 33.3 Å². The Hall–Kier alpha value is -1.79. The fourth-order valence-corrected chi connectivity index (χ4v) is 6.92. The number of aromatic nitrogens is 4. The second kappa shape index (κ2) is 6.38. The molecule has 3 heterocycles. The third-order valence-corrected chi connectivity index (χ3v) is 8.84. The van der Waals surface area contributed by atoms with Crippen LogP contribution in [0, 0.1) is 5.41 Å². The Morgan fingerprint density at radius 3 is 2.41 bits per heavy atom. The quantitative estimate of drug-likeness (QED) is 0.631. The van der Waals surface area contributed by atoms with E-state index in [1.165, 1.54) is 11.8 Å². The zero-order chi connectivity index (χ0) is 20.3. The van der Waals surface area contributed by atoms with Gasteiger partial charge in [0, 0.05) is 19.6 Å². The zero-order valence-corrected chi connectivity index (χ0v) is 17.5. The number of Topliss-reactive ketones (excluding diaryl/α,β-unsaturated/α-hetero) is 1. The van der Waals surface area contributed by atoms with Gasteiger partial charge >= 0.3 is 0 Å². The van der Waals surface area contributed by atoms with Crippen LogP contribution in [0.4, 0.5) is 0 Å². The van der Waals surface area contributed by atoms with Crippen molar-refractivity contribution in [2.45, 2.75) is 48.9 Å². The number of allylic oxidation sites excluding steroid dienone is 1. The molecule has 1 amide bonds. The van der Waals surface area contributed by atoms with Crippen LogP contribution in [0.3, 0.4) is 0 Å². The molecular formula is C15H21N5O5S2. The molecule has 3 atom stereocenters. The molecule has 148 valence electrons. The average molecular weight is 415 g/mol. The molecule has 0 bridgehead atoms. The van der Waals surface area contributed by atoms with Gasteiger partial charge in [-0.2, -0.15) is 0 Å². The molecule has 0 saturated carbocycles. The molecule has 12 heteroatoms. The number of ether oxygens (including phenoxy) is 1. The van der Waals surface area contributed by atoms with Crippen LogP contribution in [0.1, 0.15) is 27.7 Å². The van der Waals surface area contributed by atoms with E-state index in [0.717, 1.165) is 16.7 Å². The summed E-state index contributed by atoms with van der Waals surface area (Å²) in [6, 6.07) is 0. The number of methoxy groups -OCH3 is 1. The van der Waals surface area contributed by atoms with E-state index in [0.29, 0.717) is 10.7 Å². The van der Waals surface area contributed by atoms with Gasteiger partial charge in [-0.05, 0) is 22.9 Å². The van der Waals surface area contributed by atoms with E-state index in [1.807, 2.05) is 0 Å². The first-order chi connectivity index (χ1) is 12.4. The number of sulfone groups is 1. The summed E-state index contributed by atoms with van der Waals surface area (Å²) in [6.07, 6.45) is -1.13. The highest BCUT2D eigenvalue weighted by Gasteiger charge is 2.63. The van der Waals surface area contributed by atoms with Crippen LogP contribution in [0.5, 0.6) is 0 Å². The Morgan fingerprint density at radius 2 is 1.93 bits per heavy atom. The lowest BCUT2D eigenvalue weighted by atomic mass is 9.86. The maximum Gasteiger partial charge on any atom is 0.260 e. The molecule has 0 aliphatic carbocycles. The van der Waals surface area contributed by atoms with Crippen molar-refractivity contribution in [2.75, 3.05) is 7.11 Å². The van der Waals surface area contributed by atoms with Gasteiger partial charge in [0.1, 0.15) is 4.58 Å². The number of carbonyl (C=O) groups is 2. The summed E-state index contributed by atoms with van der Waals surface area (Å²) in [5.41, 5.74) is -0.377. The number of carbonyl (C=O) groups excluding carboxylic acids is 2. The lowest BCUT2D eigenvalue weighted by Gasteiger charge is -2.51. The Labute approximate surface area is 161 Å². The number of thioether (sulfide) groups is 1. The van der Waals surface area contributed by atoms with Gasteiger partial charge in [0.05, 0.1) is 5.70 Å². The fraction of sp³-hybridized carbons (Fsp3) is 0.667. The molecule has 0 aromatic carbocycles. The van der Waals surface area contributed by atoms with E-state index < -0.39 is 37.2 Å². The van der Waals surface area contributed by atoms with Crippen LogP contribution in [0.25, 0.3) is 0 Å². The highest BCUT2D eigenvalue weighted by Crippen LogP contribution is 2.47. The molecule has 2 aliphatic heterocycles. The zero-order valence-electron chi connectivity index (χ0n) is 15.8. The molecule has 10 nitrogen and oxygen atoms in total. The normalized spacial score (nSPS) is 27.4. The SMILES string of the molecule is CO[C@H]1C(=O)N2C(C(=O)C(C)(C)C)=C(C)C(Sc3nnnn3C)S(=O)(=O)[C@H]12. The molecule has 0 radical (unpaired) electrons. The number of amides is 1. The van der Waals surface area contributed by atoms with Crippen molar-refractivity contribution in [3.63, 3.8) is 0 Å². The number of ketones is 1. The minimum absolute atomic E-state index is 0.119. The maximum absolute atomic E-state index is 13.2. The van der Waals surface area contributed by atoms with E-state index in [2.05, 4.69) is 15.5 Å². The number of fused-ring (bicyclic) bond motifs is 1. The summed E-state index contributed by atoms with van der Waals surface area (Å²) in [7, 11) is -1.02. The Morgan fingerprint density at radius 1 is 1.30 bits per heavy atom.